The third-order valence-electron chi connectivity index (χ3n) is 4.22. The number of hydrogen-bond acceptors (Lipinski definition) is 5. The zero-order valence-corrected chi connectivity index (χ0v) is 14.9. The highest BCUT2D eigenvalue weighted by molar-refractivity contribution is 7.90. The van der Waals surface area contributed by atoms with E-state index in [0.29, 0.717) is 17.3 Å². The van der Waals surface area contributed by atoms with Gasteiger partial charge in [-0.1, -0.05) is 6.07 Å². The van der Waals surface area contributed by atoms with Crippen molar-refractivity contribution in [3.63, 3.8) is 0 Å². The van der Waals surface area contributed by atoms with E-state index in [1.807, 2.05) is 0 Å². The summed E-state index contributed by atoms with van der Waals surface area (Å²) in [6.07, 6.45) is 4.67. The Morgan fingerprint density at radius 1 is 1.30 bits per heavy atom. The quantitative estimate of drug-likeness (QED) is 0.731. The van der Waals surface area contributed by atoms with Gasteiger partial charge in [-0.25, -0.2) is 8.42 Å². The minimum Gasteiger partial charge on any atom is -0.494 e. The van der Waals surface area contributed by atoms with Crippen molar-refractivity contribution in [2.45, 2.75) is 24.2 Å². The molecule has 1 fully saturated rings. The Balaban J connectivity index is 1.68. The molecule has 0 bridgehead atoms. The van der Waals surface area contributed by atoms with Gasteiger partial charge in [0.05, 0.1) is 11.5 Å². The van der Waals surface area contributed by atoms with Crippen LogP contribution in [0.4, 0.5) is 0 Å². The number of nitrogens with one attached hydrogen (secondary N) is 1. The van der Waals surface area contributed by atoms with Crippen molar-refractivity contribution in [1.29, 1.82) is 0 Å². The first-order valence-electron chi connectivity index (χ1n) is 8.27. The molecule has 1 saturated heterocycles. The van der Waals surface area contributed by atoms with Crippen LogP contribution in [0.1, 0.15) is 19.3 Å². The molecule has 1 heterocycles. The molecule has 1 aromatic rings. The van der Waals surface area contributed by atoms with E-state index < -0.39 is 9.84 Å². The Kier molecular flexibility index (Phi) is 6.87. The van der Waals surface area contributed by atoms with Crippen molar-refractivity contribution in [1.82, 2.24) is 10.2 Å². The van der Waals surface area contributed by atoms with Gasteiger partial charge < -0.3 is 15.0 Å². The molecule has 0 unspecified atom stereocenters. The molecular weight excluding hydrogens is 312 g/mol. The maximum Gasteiger partial charge on any atom is 0.175 e. The second-order valence-electron chi connectivity index (χ2n) is 6.40. The molecule has 0 aromatic heterocycles. The second kappa shape index (κ2) is 8.66. The summed E-state index contributed by atoms with van der Waals surface area (Å²) in [6.45, 7) is 5.02. The topological polar surface area (TPSA) is 58.6 Å². The molecular formula is C17H28N2O3S. The first-order chi connectivity index (χ1) is 10.9. The van der Waals surface area contributed by atoms with Gasteiger partial charge >= 0.3 is 0 Å². The van der Waals surface area contributed by atoms with E-state index in [9.17, 15) is 8.42 Å². The smallest absolute Gasteiger partial charge is 0.175 e. The lowest BCUT2D eigenvalue weighted by atomic mass is 9.98. The van der Waals surface area contributed by atoms with Crippen LogP contribution in [-0.4, -0.2) is 59.4 Å². The zero-order valence-electron chi connectivity index (χ0n) is 14.1. The summed E-state index contributed by atoms with van der Waals surface area (Å²) in [5.41, 5.74) is 0. The van der Waals surface area contributed by atoms with Crippen LogP contribution in [0, 0.1) is 5.92 Å². The highest BCUT2D eigenvalue weighted by Crippen LogP contribution is 2.17. The molecule has 0 saturated carbocycles. The van der Waals surface area contributed by atoms with Crippen LogP contribution in [0.25, 0.3) is 0 Å². The van der Waals surface area contributed by atoms with E-state index >= 15 is 0 Å². The average Bonchev–Trinajstić information content (AvgIpc) is 2.52. The summed E-state index contributed by atoms with van der Waals surface area (Å²) in [7, 11) is -1.02. The number of nitrogens with zero attached hydrogens (tertiary/aromatic N) is 1. The van der Waals surface area contributed by atoms with Crippen LogP contribution >= 0.6 is 0 Å². The first kappa shape index (κ1) is 18.2. The van der Waals surface area contributed by atoms with Crippen molar-refractivity contribution in [2.24, 2.45) is 5.92 Å². The molecule has 23 heavy (non-hydrogen) atoms. The van der Waals surface area contributed by atoms with Gasteiger partial charge in [-0.15, -0.1) is 0 Å². The van der Waals surface area contributed by atoms with Crippen molar-refractivity contribution in [3.05, 3.63) is 24.3 Å². The predicted octanol–water partition coefficient (Wildman–Crippen LogP) is 1.79. The summed E-state index contributed by atoms with van der Waals surface area (Å²) < 4.78 is 28.7. The minimum atomic E-state index is -3.18. The third-order valence-corrected chi connectivity index (χ3v) is 5.33. The number of hydrogen-bond donors (Lipinski definition) is 1. The fourth-order valence-electron chi connectivity index (χ4n) is 2.92. The van der Waals surface area contributed by atoms with Crippen molar-refractivity contribution >= 4 is 9.84 Å². The lowest BCUT2D eigenvalue weighted by Gasteiger charge is -2.27. The lowest BCUT2D eigenvalue weighted by Crippen LogP contribution is -2.35. The Morgan fingerprint density at radius 3 is 2.74 bits per heavy atom. The molecule has 1 aromatic carbocycles. The molecule has 0 spiro atoms. The summed E-state index contributed by atoms with van der Waals surface area (Å²) in [4.78, 5) is 2.67. The summed E-state index contributed by atoms with van der Waals surface area (Å²) in [6, 6.07) is 6.70. The zero-order chi connectivity index (χ0) is 16.7. The molecule has 0 atom stereocenters. The molecule has 1 aliphatic rings. The summed E-state index contributed by atoms with van der Waals surface area (Å²) in [5, 5.41) is 3.39. The molecule has 5 nitrogen and oxygen atoms in total. The Labute approximate surface area is 139 Å². The van der Waals surface area contributed by atoms with Crippen LogP contribution < -0.4 is 10.1 Å². The third kappa shape index (κ3) is 6.49. The largest absolute Gasteiger partial charge is 0.494 e. The molecule has 1 aliphatic heterocycles. The van der Waals surface area contributed by atoms with Gasteiger partial charge in [0.15, 0.2) is 9.84 Å². The Hall–Kier alpha value is -1.11. The van der Waals surface area contributed by atoms with Crippen molar-refractivity contribution in [3.8, 4) is 5.75 Å². The molecule has 0 aliphatic carbocycles. The first-order valence-corrected chi connectivity index (χ1v) is 10.2. The highest BCUT2D eigenvalue weighted by Gasteiger charge is 2.14. The van der Waals surface area contributed by atoms with E-state index in [2.05, 4.69) is 17.3 Å². The second-order valence-corrected chi connectivity index (χ2v) is 8.42. The van der Waals surface area contributed by atoms with Gasteiger partial charge in [0.25, 0.3) is 0 Å². The van der Waals surface area contributed by atoms with E-state index in [0.717, 1.165) is 38.5 Å². The number of piperidine rings is 1. The summed E-state index contributed by atoms with van der Waals surface area (Å²) >= 11 is 0. The molecule has 130 valence electrons. The lowest BCUT2D eigenvalue weighted by molar-refractivity contribution is 0.218. The van der Waals surface area contributed by atoms with Crippen LogP contribution in [0.3, 0.4) is 0 Å². The van der Waals surface area contributed by atoms with Gasteiger partial charge in [0.1, 0.15) is 5.75 Å². The van der Waals surface area contributed by atoms with Crippen LogP contribution in [0.2, 0.25) is 0 Å². The number of rotatable bonds is 8. The van der Waals surface area contributed by atoms with E-state index in [1.54, 1.807) is 24.3 Å². The summed E-state index contributed by atoms with van der Waals surface area (Å²) in [5.74, 6) is 1.42. The fourth-order valence-corrected chi connectivity index (χ4v) is 3.57. The predicted molar refractivity (Wildman–Crippen MR) is 92.8 cm³/mol. The minimum absolute atomic E-state index is 0.304. The Morgan fingerprint density at radius 2 is 2.04 bits per heavy atom. The highest BCUT2D eigenvalue weighted by atomic mass is 32.2. The van der Waals surface area contributed by atoms with Gasteiger partial charge in [0, 0.05) is 19.3 Å². The van der Waals surface area contributed by atoms with Gasteiger partial charge in [-0.3, -0.25) is 0 Å². The molecule has 0 radical (unpaired) electrons. The van der Waals surface area contributed by atoms with E-state index in [1.165, 1.54) is 19.1 Å². The van der Waals surface area contributed by atoms with Crippen LogP contribution in [0.15, 0.2) is 29.2 Å². The normalized spacial score (nSPS) is 16.7. The van der Waals surface area contributed by atoms with E-state index in [4.69, 9.17) is 4.74 Å². The number of ether oxygens (including phenoxy) is 1. The fraction of sp³-hybridized carbons (Fsp3) is 0.647. The van der Waals surface area contributed by atoms with Gasteiger partial charge in [-0.05, 0) is 63.5 Å². The maximum atomic E-state index is 11.5. The number of sulfone groups is 1. The average molecular weight is 340 g/mol. The van der Waals surface area contributed by atoms with Gasteiger partial charge in [0.2, 0.25) is 0 Å². The maximum absolute atomic E-state index is 11.5. The SMILES string of the molecule is CN(CCCOc1cccc(S(C)(=O)=O)c1)CC1CCNCC1. The molecule has 2 rings (SSSR count). The number of benzene rings is 1. The monoisotopic (exact) mass is 340 g/mol. The van der Waals surface area contributed by atoms with Crippen molar-refractivity contribution < 1.29 is 13.2 Å². The van der Waals surface area contributed by atoms with E-state index in [-0.39, 0.29) is 0 Å². The van der Waals surface area contributed by atoms with Gasteiger partial charge in [-0.2, -0.15) is 0 Å². The molecule has 6 heteroatoms. The van der Waals surface area contributed by atoms with Crippen LogP contribution in [-0.2, 0) is 9.84 Å². The standard InChI is InChI=1S/C17H28N2O3S/c1-19(14-15-7-9-18-10-8-15)11-4-12-22-16-5-3-6-17(13-16)23(2,20)21/h3,5-6,13,15,18H,4,7-12,14H2,1-2H3. The van der Waals surface area contributed by atoms with Crippen LogP contribution in [0.5, 0.6) is 5.75 Å². The molecule has 0 amide bonds. The molecule has 1 N–H and O–H groups in total. The Bertz CT molecular complexity index is 583. The van der Waals surface area contributed by atoms with Crippen molar-refractivity contribution in [2.75, 3.05) is 46.1 Å².